The molecule has 0 radical (unpaired) electrons. The van der Waals surface area contributed by atoms with Gasteiger partial charge in [0.05, 0.1) is 6.26 Å². The van der Waals surface area contributed by atoms with Crippen molar-refractivity contribution in [1.29, 1.82) is 0 Å². The first-order valence-corrected chi connectivity index (χ1v) is 6.86. The van der Waals surface area contributed by atoms with Gasteiger partial charge in [0.25, 0.3) is 0 Å². The largest absolute Gasteiger partial charge is 0.389 e. The van der Waals surface area contributed by atoms with Gasteiger partial charge in [-0.05, 0) is 28.0 Å². The van der Waals surface area contributed by atoms with Crippen molar-refractivity contribution in [2.75, 3.05) is 0 Å². The maximum Gasteiger partial charge on any atom is 0.360 e. The third kappa shape index (κ3) is 2.20. The summed E-state index contributed by atoms with van der Waals surface area (Å²) in [4.78, 5) is 0. The van der Waals surface area contributed by atoms with E-state index in [0.717, 1.165) is 28.2 Å². The summed E-state index contributed by atoms with van der Waals surface area (Å²) in [6.07, 6.45) is 4.59. The minimum atomic E-state index is -1.83. The summed E-state index contributed by atoms with van der Waals surface area (Å²) in [5, 5.41) is 2.27. The Balaban J connectivity index is 2.04. The molecule has 2 aromatic rings. The van der Waals surface area contributed by atoms with Gasteiger partial charge in [-0.3, -0.25) is 0 Å². The van der Waals surface area contributed by atoms with Crippen LogP contribution in [-0.4, -0.2) is 4.21 Å². The summed E-state index contributed by atoms with van der Waals surface area (Å²) < 4.78 is 21.6. The third-order valence-electron chi connectivity index (χ3n) is 3.06. The molecule has 0 bridgehead atoms. The molecule has 1 aliphatic carbocycles. The van der Waals surface area contributed by atoms with Crippen LogP contribution in [0.15, 0.2) is 55.3 Å². The molecule has 2 aromatic carbocycles. The van der Waals surface area contributed by atoms with E-state index in [1.807, 2.05) is 30.4 Å². The molecule has 0 spiro atoms. The lowest BCUT2D eigenvalue weighted by Gasteiger charge is -2.20. The van der Waals surface area contributed by atoms with Crippen LogP contribution in [-0.2, 0) is 19.7 Å². The van der Waals surface area contributed by atoms with Gasteiger partial charge in [-0.2, -0.15) is 4.21 Å². The fraction of sp³-hybridized carbons (Fsp3) is 0.0667. The summed E-state index contributed by atoms with van der Waals surface area (Å²) in [6, 6.07) is 12.1. The summed E-state index contributed by atoms with van der Waals surface area (Å²) >= 11 is -1.83. The molecule has 0 heterocycles. The van der Waals surface area contributed by atoms with E-state index in [2.05, 4.69) is 24.8 Å². The highest BCUT2D eigenvalue weighted by Gasteiger charge is 2.20. The van der Waals surface area contributed by atoms with Crippen molar-refractivity contribution in [3.63, 3.8) is 0 Å². The van der Waals surface area contributed by atoms with E-state index in [4.69, 9.17) is 8.37 Å². The molecular weight excluding hydrogens is 260 g/mol. The van der Waals surface area contributed by atoms with Crippen molar-refractivity contribution in [3.05, 3.63) is 66.4 Å². The molecule has 96 valence electrons. The molecule has 0 N–H and O–H groups in total. The van der Waals surface area contributed by atoms with Crippen molar-refractivity contribution in [2.45, 2.75) is 6.10 Å². The summed E-state index contributed by atoms with van der Waals surface area (Å²) in [5.74, 6) is 0. The Morgan fingerprint density at radius 3 is 2.79 bits per heavy atom. The van der Waals surface area contributed by atoms with Crippen LogP contribution < -0.4 is 0 Å². The quantitative estimate of drug-likeness (QED) is 0.797. The highest BCUT2D eigenvalue weighted by atomic mass is 32.2. The Bertz CT molecular complexity index is 686. The summed E-state index contributed by atoms with van der Waals surface area (Å²) in [5.41, 5.74) is 2.14. The standard InChI is InChI=1S/C15H12O3S/c1-2-17-19(16)18-14-10-9-12-6-3-5-11-7-4-8-13(14)15(11)12/h2-10,14H,1H2. The molecule has 3 nitrogen and oxygen atoms in total. The SMILES string of the molecule is C=COS(=O)OC1C=Cc2cccc3cccc1c23. The maximum atomic E-state index is 11.5. The van der Waals surface area contributed by atoms with Gasteiger partial charge in [0.15, 0.2) is 0 Å². The number of benzene rings is 2. The molecule has 19 heavy (non-hydrogen) atoms. The van der Waals surface area contributed by atoms with Crippen molar-refractivity contribution in [2.24, 2.45) is 0 Å². The van der Waals surface area contributed by atoms with Gasteiger partial charge in [-0.1, -0.05) is 49.1 Å². The van der Waals surface area contributed by atoms with Gasteiger partial charge in [0, 0.05) is 0 Å². The highest BCUT2D eigenvalue weighted by Crippen LogP contribution is 2.35. The van der Waals surface area contributed by atoms with Gasteiger partial charge < -0.3 is 4.18 Å². The minimum Gasteiger partial charge on any atom is -0.389 e. The second-order valence-electron chi connectivity index (χ2n) is 4.14. The average Bonchev–Trinajstić information content (AvgIpc) is 2.43. The second-order valence-corrected chi connectivity index (χ2v) is 4.93. The minimum absolute atomic E-state index is 0.376. The van der Waals surface area contributed by atoms with Gasteiger partial charge in [0.2, 0.25) is 0 Å². The summed E-state index contributed by atoms with van der Waals surface area (Å²) in [7, 11) is 0. The monoisotopic (exact) mass is 272 g/mol. The maximum absolute atomic E-state index is 11.5. The van der Waals surface area contributed by atoms with Gasteiger partial charge in [-0.25, -0.2) is 4.18 Å². The molecule has 0 saturated carbocycles. The van der Waals surface area contributed by atoms with E-state index >= 15 is 0 Å². The molecule has 0 fully saturated rings. The Hall–Kier alpha value is -1.91. The number of hydrogen-bond donors (Lipinski definition) is 0. The zero-order chi connectivity index (χ0) is 13.2. The molecule has 0 amide bonds. The fourth-order valence-electron chi connectivity index (χ4n) is 2.32. The number of hydrogen-bond acceptors (Lipinski definition) is 3. The van der Waals surface area contributed by atoms with Crippen molar-refractivity contribution >= 4 is 28.2 Å². The molecule has 3 rings (SSSR count). The average molecular weight is 272 g/mol. The predicted molar refractivity (Wildman–Crippen MR) is 76.2 cm³/mol. The smallest absolute Gasteiger partial charge is 0.360 e. The van der Waals surface area contributed by atoms with Crippen molar-refractivity contribution in [3.8, 4) is 0 Å². The van der Waals surface area contributed by atoms with E-state index in [1.165, 1.54) is 0 Å². The lowest BCUT2D eigenvalue weighted by molar-refractivity contribution is 0.248. The van der Waals surface area contributed by atoms with Crippen LogP contribution in [0, 0.1) is 0 Å². The Kier molecular flexibility index (Phi) is 3.19. The van der Waals surface area contributed by atoms with Gasteiger partial charge >= 0.3 is 11.4 Å². The molecule has 4 heteroatoms. The van der Waals surface area contributed by atoms with E-state index in [1.54, 1.807) is 0 Å². The zero-order valence-corrected chi connectivity index (χ0v) is 10.9. The van der Waals surface area contributed by atoms with Crippen LogP contribution in [0.25, 0.3) is 16.8 Å². The Morgan fingerprint density at radius 2 is 2.00 bits per heavy atom. The van der Waals surface area contributed by atoms with Crippen LogP contribution in [0.4, 0.5) is 0 Å². The first-order chi connectivity index (χ1) is 9.29. The van der Waals surface area contributed by atoms with Crippen molar-refractivity contribution < 1.29 is 12.6 Å². The van der Waals surface area contributed by atoms with E-state index in [9.17, 15) is 4.21 Å². The van der Waals surface area contributed by atoms with Crippen LogP contribution in [0.2, 0.25) is 0 Å². The molecule has 2 unspecified atom stereocenters. The van der Waals surface area contributed by atoms with Crippen LogP contribution in [0.5, 0.6) is 0 Å². The van der Waals surface area contributed by atoms with Crippen LogP contribution in [0.1, 0.15) is 17.2 Å². The zero-order valence-electron chi connectivity index (χ0n) is 10.1. The van der Waals surface area contributed by atoms with E-state index in [-0.39, 0.29) is 6.10 Å². The molecule has 0 saturated heterocycles. The first-order valence-electron chi connectivity index (χ1n) is 5.86. The van der Waals surface area contributed by atoms with Crippen LogP contribution >= 0.6 is 0 Å². The summed E-state index contributed by atoms with van der Waals surface area (Å²) in [6.45, 7) is 3.36. The topological polar surface area (TPSA) is 35.5 Å². The fourth-order valence-corrected chi connectivity index (χ4v) is 2.81. The third-order valence-corrected chi connectivity index (χ3v) is 3.71. The molecule has 1 aliphatic rings. The Morgan fingerprint density at radius 1 is 1.21 bits per heavy atom. The predicted octanol–water partition coefficient (Wildman–Crippen LogP) is 3.66. The first kappa shape index (κ1) is 12.1. The molecule has 0 aromatic heterocycles. The molecule has 2 atom stereocenters. The Labute approximate surface area is 114 Å². The lowest BCUT2D eigenvalue weighted by Crippen LogP contribution is -2.08. The normalized spacial score (nSPS) is 18.2. The van der Waals surface area contributed by atoms with E-state index in [0.29, 0.717) is 0 Å². The lowest BCUT2D eigenvalue weighted by atomic mass is 9.92. The molecule has 0 aliphatic heterocycles. The van der Waals surface area contributed by atoms with E-state index < -0.39 is 11.4 Å². The number of rotatable bonds is 4. The van der Waals surface area contributed by atoms with Crippen LogP contribution in [0.3, 0.4) is 0 Å². The highest BCUT2D eigenvalue weighted by molar-refractivity contribution is 7.75. The second kappa shape index (κ2) is 4.99. The molecular formula is C15H12O3S. The van der Waals surface area contributed by atoms with Crippen molar-refractivity contribution in [1.82, 2.24) is 0 Å². The van der Waals surface area contributed by atoms with Gasteiger partial charge in [-0.15, -0.1) is 0 Å². The van der Waals surface area contributed by atoms with Gasteiger partial charge in [0.1, 0.15) is 6.10 Å².